The summed E-state index contributed by atoms with van der Waals surface area (Å²) in [4.78, 5) is 41.5. The average molecular weight is 329 g/mol. The Balaban J connectivity index is 2.17. The maximum absolute atomic E-state index is 12.0. The third kappa shape index (κ3) is 4.19. The van der Waals surface area contributed by atoms with Gasteiger partial charge in [0.1, 0.15) is 12.9 Å². The number of carbonyl (C=O) groups excluding carboxylic acids is 3. The molecular formula is C17H19N3O4. The second kappa shape index (κ2) is 8.24. The molecule has 1 aliphatic rings. The van der Waals surface area contributed by atoms with E-state index in [1.54, 1.807) is 30.1 Å². The van der Waals surface area contributed by atoms with Gasteiger partial charge in [-0.15, -0.1) is 6.42 Å². The van der Waals surface area contributed by atoms with Crippen molar-refractivity contribution < 1.29 is 19.2 Å². The minimum atomic E-state index is -0.429. The molecule has 7 heteroatoms. The summed E-state index contributed by atoms with van der Waals surface area (Å²) in [6.07, 6.45) is 6.63. The lowest BCUT2D eigenvalue weighted by atomic mass is 10.0. The standard InChI is InChI=1S/C17H19N3O4/c1-3-9-24-19-14-6-4-5-12(11-21)13(14)10-20(2)15-7-8-16(22)18-17(15)23/h1,4-6,11,15,19H,7-10H2,2H3,(H,18,22,23). The van der Waals surface area contributed by atoms with Crippen LogP contribution in [0.25, 0.3) is 0 Å². The zero-order chi connectivity index (χ0) is 17.5. The van der Waals surface area contributed by atoms with E-state index in [2.05, 4.69) is 16.7 Å². The number of hydrogen-bond acceptors (Lipinski definition) is 6. The van der Waals surface area contributed by atoms with Crippen molar-refractivity contribution in [2.75, 3.05) is 19.1 Å². The van der Waals surface area contributed by atoms with E-state index < -0.39 is 6.04 Å². The van der Waals surface area contributed by atoms with Crippen LogP contribution in [0.5, 0.6) is 0 Å². The van der Waals surface area contributed by atoms with Crippen LogP contribution in [0, 0.1) is 12.3 Å². The first-order chi connectivity index (χ1) is 11.6. The van der Waals surface area contributed by atoms with E-state index in [4.69, 9.17) is 11.3 Å². The van der Waals surface area contributed by atoms with Gasteiger partial charge in [0, 0.05) is 24.1 Å². The van der Waals surface area contributed by atoms with Crippen molar-refractivity contribution in [3.63, 3.8) is 0 Å². The summed E-state index contributed by atoms with van der Waals surface area (Å²) in [7, 11) is 1.77. The van der Waals surface area contributed by atoms with Crippen LogP contribution in [-0.2, 0) is 21.0 Å². The lowest BCUT2D eigenvalue weighted by Gasteiger charge is -2.30. The molecule has 7 nitrogen and oxygen atoms in total. The van der Waals surface area contributed by atoms with Gasteiger partial charge in [-0.1, -0.05) is 18.1 Å². The van der Waals surface area contributed by atoms with E-state index >= 15 is 0 Å². The molecule has 1 aromatic carbocycles. The summed E-state index contributed by atoms with van der Waals surface area (Å²) in [5.74, 6) is 1.75. The number of aldehydes is 1. The first-order valence-electron chi connectivity index (χ1n) is 7.49. The predicted octanol–water partition coefficient (Wildman–Crippen LogP) is 0.713. The van der Waals surface area contributed by atoms with Crippen molar-refractivity contribution in [2.45, 2.75) is 25.4 Å². The summed E-state index contributed by atoms with van der Waals surface area (Å²) in [5.41, 5.74) is 4.52. The van der Waals surface area contributed by atoms with Gasteiger partial charge in [-0.2, -0.15) is 0 Å². The van der Waals surface area contributed by atoms with Gasteiger partial charge in [0.25, 0.3) is 0 Å². The highest BCUT2D eigenvalue weighted by Crippen LogP contribution is 2.23. The van der Waals surface area contributed by atoms with Crippen LogP contribution < -0.4 is 10.8 Å². The molecular weight excluding hydrogens is 310 g/mol. The molecule has 1 unspecified atom stereocenters. The molecule has 1 saturated heterocycles. The van der Waals surface area contributed by atoms with Crippen LogP contribution in [-0.4, -0.2) is 42.7 Å². The van der Waals surface area contributed by atoms with Gasteiger partial charge in [0.2, 0.25) is 11.8 Å². The molecule has 0 bridgehead atoms. The third-order valence-electron chi connectivity index (χ3n) is 3.83. The van der Waals surface area contributed by atoms with E-state index in [1.807, 2.05) is 0 Å². The molecule has 24 heavy (non-hydrogen) atoms. The van der Waals surface area contributed by atoms with Gasteiger partial charge in [-0.3, -0.25) is 34.9 Å². The van der Waals surface area contributed by atoms with E-state index in [0.29, 0.717) is 36.2 Å². The highest BCUT2D eigenvalue weighted by Gasteiger charge is 2.30. The molecule has 1 fully saturated rings. The lowest BCUT2D eigenvalue weighted by molar-refractivity contribution is -0.137. The Morgan fingerprint density at radius 1 is 1.50 bits per heavy atom. The molecule has 0 saturated carbocycles. The first-order valence-corrected chi connectivity index (χ1v) is 7.49. The summed E-state index contributed by atoms with van der Waals surface area (Å²) < 4.78 is 0. The van der Waals surface area contributed by atoms with Crippen LogP contribution in [0.3, 0.4) is 0 Å². The van der Waals surface area contributed by atoms with Crippen LogP contribution in [0.15, 0.2) is 18.2 Å². The Morgan fingerprint density at radius 3 is 2.96 bits per heavy atom. The fourth-order valence-corrected chi connectivity index (χ4v) is 2.60. The number of carbonyl (C=O) groups is 3. The van der Waals surface area contributed by atoms with Crippen LogP contribution in [0.1, 0.15) is 28.8 Å². The molecule has 0 aromatic heterocycles. The van der Waals surface area contributed by atoms with Gasteiger partial charge in [0.05, 0.1) is 11.7 Å². The zero-order valence-electron chi connectivity index (χ0n) is 13.4. The Hall–Kier alpha value is -2.69. The summed E-state index contributed by atoms with van der Waals surface area (Å²) in [5, 5.41) is 2.33. The number of terminal acetylenes is 1. The van der Waals surface area contributed by atoms with Crippen LogP contribution >= 0.6 is 0 Å². The van der Waals surface area contributed by atoms with E-state index in [-0.39, 0.29) is 18.4 Å². The van der Waals surface area contributed by atoms with Crippen LogP contribution in [0.4, 0.5) is 5.69 Å². The fraction of sp³-hybridized carbons (Fsp3) is 0.353. The number of nitrogens with one attached hydrogen (secondary N) is 2. The first kappa shape index (κ1) is 17.7. The number of nitrogens with zero attached hydrogens (tertiary/aromatic N) is 1. The van der Waals surface area contributed by atoms with E-state index in [9.17, 15) is 14.4 Å². The highest BCUT2D eigenvalue weighted by atomic mass is 16.6. The maximum Gasteiger partial charge on any atom is 0.243 e. The number of amides is 2. The highest BCUT2D eigenvalue weighted by molar-refractivity contribution is 6.00. The number of hydrogen-bond donors (Lipinski definition) is 2. The molecule has 1 aliphatic heterocycles. The number of piperidine rings is 1. The van der Waals surface area contributed by atoms with Gasteiger partial charge in [-0.25, -0.2) is 0 Å². The van der Waals surface area contributed by atoms with Crippen LogP contribution in [0.2, 0.25) is 0 Å². The SMILES string of the molecule is C#CCONc1cccc(C=O)c1CN(C)C1CCC(=O)NC1=O. The Labute approximate surface area is 140 Å². The van der Waals surface area contributed by atoms with E-state index in [0.717, 1.165) is 6.29 Å². The maximum atomic E-state index is 12.0. The third-order valence-corrected chi connectivity index (χ3v) is 3.83. The van der Waals surface area contributed by atoms with Gasteiger partial charge in [0.15, 0.2) is 0 Å². The smallest absolute Gasteiger partial charge is 0.243 e. The van der Waals surface area contributed by atoms with E-state index in [1.165, 1.54) is 0 Å². The molecule has 0 aliphatic carbocycles. The molecule has 1 atom stereocenters. The minimum absolute atomic E-state index is 0.0771. The van der Waals surface area contributed by atoms with Crippen molar-refractivity contribution in [1.29, 1.82) is 0 Å². The number of rotatable bonds is 7. The summed E-state index contributed by atoms with van der Waals surface area (Å²) >= 11 is 0. The van der Waals surface area contributed by atoms with Crippen molar-refractivity contribution in [2.24, 2.45) is 0 Å². The molecule has 126 valence electrons. The Bertz CT molecular complexity index is 681. The summed E-state index contributed by atoms with van der Waals surface area (Å²) in [6.45, 7) is 0.413. The minimum Gasteiger partial charge on any atom is -0.298 e. The molecule has 0 spiro atoms. The van der Waals surface area contributed by atoms with Crippen molar-refractivity contribution in [3.05, 3.63) is 29.3 Å². The van der Waals surface area contributed by atoms with Gasteiger partial charge < -0.3 is 0 Å². The summed E-state index contributed by atoms with van der Waals surface area (Å²) in [6, 6.07) is 4.74. The average Bonchev–Trinajstić information content (AvgIpc) is 2.56. The van der Waals surface area contributed by atoms with Crippen molar-refractivity contribution >= 4 is 23.8 Å². The van der Waals surface area contributed by atoms with Crippen molar-refractivity contribution in [1.82, 2.24) is 10.2 Å². The number of benzene rings is 1. The number of anilines is 1. The lowest BCUT2D eigenvalue weighted by Crippen LogP contribution is -2.51. The second-order valence-corrected chi connectivity index (χ2v) is 5.47. The largest absolute Gasteiger partial charge is 0.298 e. The Kier molecular flexibility index (Phi) is 6.07. The number of imide groups is 1. The predicted molar refractivity (Wildman–Crippen MR) is 87.9 cm³/mol. The van der Waals surface area contributed by atoms with Gasteiger partial charge in [-0.05, 0) is 19.5 Å². The normalized spacial score (nSPS) is 17.3. The molecule has 2 rings (SSSR count). The monoisotopic (exact) mass is 329 g/mol. The van der Waals surface area contributed by atoms with Gasteiger partial charge >= 0.3 is 0 Å². The second-order valence-electron chi connectivity index (χ2n) is 5.47. The molecule has 0 radical (unpaired) electrons. The molecule has 2 amide bonds. The molecule has 2 N–H and O–H groups in total. The Morgan fingerprint density at radius 2 is 2.29 bits per heavy atom. The topological polar surface area (TPSA) is 87.7 Å². The molecule has 1 aromatic rings. The molecule has 1 heterocycles. The van der Waals surface area contributed by atoms with Crippen molar-refractivity contribution in [3.8, 4) is 12.3 Å². The fourth-order valence-electron chi connectivity index (χ4n) is 2.60. The zero-order valence-corrected chi connectivity index (χ0v) is 13.4. The number of likely N-dealkylation sites (N-methyl/N-ethyl adjacent to an activating group) is 1. The quantitative estimate of drug-likeness (QED) is 0.252.